The van der Waals surface area contributed by atoms with Crippen LogP contribution in [0, 0.1) is 0 Å². The molecule has 4 heteroatoms. The molecule has 0 saturated heterocycles. The van der Waals surface area contributed by atoms with Crippen LogP contribution in [-0.2, 0) is 9.53 Å². The summed E-state index contributed by atoms with van der Waals surface area (Å²) < 4.78 is 5.95. The Bertz CT molecular complexity index is 329. The lowest BCUT2D eigenvalue weighted by Gasteiger charge is -2.29. The quantitative estimate of drug-likeness (QED) is 0.575. The molecule has 0 bridgehead atoms. The Morgan fingerprint density at radius 1 is 1.19 bits per heavy atom. The Morgan fingerprint density at radius 3 is 2.62 bits per heavy atom. The Morgan fingerprint density at radius 2 is 1.90 bits per heavy atom. The first kappa shape index (κ1) is 18.1. The van der Waals surface area contributed by atoms with E-state index in [1.54, 1.807) is 0 Å². The van der Waals surface area contributed by atoms with Crippen molar-refractivity contribution < 1.29 is 9.53 Å². The van der Waals surface area contributed by atoms with Gasteiger partial charge >= 0.3 is 0 Å². The second-order valence-electron chi connectivity index (χ2n) is 5.88. The van der Waals surface area contributed by atoms with Crippen molar-refractivity contribution in [2.45, 2.75) is 78.4 Å². The molecule has 4 nitrogen and oxygen atoms in total. The average Bonchev–Trinajstić information content (AvgIpc) is 2.63. The van der Waals surface area contributed by atoms with Crippen molar-refractivity contribution in [3.05, 3.63) is 0 Å². The first-order chi connectivity index (χ1) is 10.2. The third-order valence-electron chi connectivity index (χ3n) is 3.96. The zero-order valence-corrected chi connectivity index (χ0v) is 14.1. The normalized spacial score (nSPS) is 17.6. The van der Waals surface area contributed by atoms with Crippen molar-refractivity contribution in [1.29, 1.82) is 0 Å². The van der Waals surface area contributed by atoms with Crippen LogP contribution in [0.2, 0.25) is 0 Å². The fourth-order valence-electron chi connectivity index (χ4n) is 2.68. The Balaban J connectivity index is 2.26. The number of carbonyl (C=O) groups is 1. The topological polar surface area (TPSA) is 41.9 Å². The second kappa shape index (κ2) is 10.8. The molecule has 21 heavy (non-hydrogen) atoms. The minimum atomic E-state index is -0.0748. The van der Waals surface area contributed by atoms with E-state index < -0.39 is 0 Å². The van der Waals surface area contributed by atoms with E-state index in [0.29, 0.717) is 19.5 Å². The molecular weight excluding hydrogens is 264 g/mol. The molecule has 1 atom stereocenters. The molecule has 1 aliphatic rings. The summed E-state index contributed by atoms with van der Waals surface area (Å²) in [6.07, 6.45) is 8.78. The van der Waals surface area contributed by atoms with Crippen LogP contribution in [0.3, 0.4) is 0 Å². The van der Waals surface area contributed by atoms with Gasteiger partial charge in [-0.15, -0.1) is 0 Å². The van der Waals surface area contributed by atoms with Crippen LogP contribution in [0.4, 0.5) is 0 Å². The SMILES string of the molecule is CCCCCCCCOC(CC)N1CCN=C(C)CC1=O. The number of aliphatic imine (C=N–C) groups is 1. The molecule has 0 N–H and O–H groups in total. The molecule has 0 saturated carbocycles. The van der Waals surface area contributed by atoms with Crippen LogP contribution >= 0.6 is 0 Å². The summed E-state index contributed by atoms with van der Waals surface area (Å²) in [5.74, 6) is 0.156. The molecule has 1 amide bonds. The highest BCUT2D eigenvalue weighted by molar-refractivity contribution is 6.00. The first-order valence-electron chi connectivity index (χ1n) is 8.60. The highest BCUT2D eigenvalue weighted by Gasteiger charge is 2.24. The molecule has 0 fully saturated rings. The summed E-state index contributed by atoms with van der Waals surface area (Å²) in [7, 11) is 0. The molecule has 0 aliphatic carbocycles. The number of hydrogen-bond acceptors (Lipinski definition) is 3. The van der Waals surface area contributed by atoms with Gasteiger partial charge in [0.25, 0.3) is 0 Å². The molecule has 1 rings (SSSR count). The molecule has 1 unspecified atom stereocenters. The van der Waals surface area contributed by atoms with Gasteiger partial charge in [-0.05, 0) is 19.8 Å². The number of nitrogens with zero attached hydrogens (tertiary/aromatic N) is 2. The predicted octanol–water partition coefficient (Wildman–Crippen LogP) is 3.79. The van der Waals surface area contributed by atoms with Crippen LogP contribution in [-0.4, -0.2) is 42.4 Å². The molecule has 0 spiro atoms. The molecule has 1 aliphatic heterocycles. The predicted molar refractivity (Wildman–Crippen MR) is 87.7 cm³/mol. The van der Waals surface area contributed by atoms with Crippen LogP contribution < -0.4 is 0 Å². The summed E-state index contributed by atoms with van der Waals surface area (Å²) in [6, 6.07) is 0. The fraction of sp³-hybridized carbons (Fsp3) is 0.882. The van der Waals surface area contributed by atoms with E-state index in [-0.39, 0.29) is 12.1 Å². The van der Waals surface area contributed by atoms with Crippen molar-refractivity contribution in [2.75, 3.05) is 19.7 Å². The van der Waals surface area contributed by atoms with Crippen molar-refractivity contribution in [3.8, 4) is 0 Å². The van der Waals surface area contributed by atoms with Gasteiger partial charge in [-0.1, -0.05) is 46.0 Å². The number of hydrogen-bond donors (Lipinski definition) is 0. The van der Waals surface area contributed by atoms with Crippen LogP contribution in [0.15, 0.2) is 4.99 Å². The van der Waals surface area contributed by atoms with Crippen molar-refractivity contribution in [3.63, 3.8) is 0 Å². The van der Waals surface area contributed by atoms with E-state index >= 15 is 0 Å². The van der Waals surface area contributed by atoms with Gasteiger partial charge in [-0.3, -0.25) is 9.79 Å². The summed E-state index contributed by atoms with van der Waals surface area (Å²) in [6.45, 7) is 8.39. The van der Waals surface area contributed by atoms with Gasteiger partial charge in [0.15, 0.2) is 0 Å². The Labute approximate surface area is 130 Å². The minimum Gasteiger partial charge on any atom is -0.358 e. The van der Waals surface area contributed by atoms with Gasteiger partial charge in [-0.25, -0.2) is 0 Å². The third kappa shape index (κ3) is 7.07. The molecule has 0 aromatic heterocycles. The van der Waals surface area contributed by atoms with Crippen LogP contribution in [0.1, 0.15) is 72.1 Å². The second-order valence-corrected chi connectivity index (χ2v) is 5.88. The molecule has 122 valence electrons. The number of unbranched alkanes of at least 4 members (excludes halogenated alkanes) is 5. The highest BCUT2D eigenvalue weighted by Crippen LogP contribution is 2.13. The van der Waals surface area contributed by atoms with Gasteiger partial charge in [0.1, 0.15) is 6.23 Å². The maximum Gasteiger partial charge on any atom is 0.230 e. The van der Waals surface area contributed by atoms with Gasteiger partial charge in [0, 0.05) is 18.9 Å². The molecule has 0 aromatic rings. The monoisotopic (exact) mass is 296 g/mol. The largest absolute Gasteiger partial charge is 0.358 e. The fourth-order valence-corrected chi connectivity index (χ4v) is 2.68. The van der Waals surface area contributed by atoms with E-state index in [1.165, 1.54) is 32.1 Å². The van der Waals surface area contributed by atoms with E-state index in [2.05, 4.69) is 18.8 Å². The van der Waals surface area contributed by atoms with Gasteiger partial charge in [-0.2, -0.15) is 0 Å². The van der Waals surface area contributed by atoms with Gasteiger partial charge in [0.05, 0.1) is 13.0 Å². The van der Waals surface area contributed by atoms with Crippen molar-refractivity contribution in [2.24, 2.45) is 4.99 Å². The number of amides is 1. The molecule has 1 heterocycles. The Hall–Kier alpha value is -0.900. The zero-order valence-electron chi connectivity index (χ0n) is 14.1. The smallest absolute Gasteiger partial charge is 0.230 e. The van der Waals surface area contributed by atoms with Crippen molar-refractivity contribution >= 4 is 11.6 Å². The molecular formula is C17H32N2O2. The summed E-state index contributed by atoms with van der Waals surface area (Å²) >= 11 is 0. The lowest BCUT2D eigenvalue weighted by Crippen LogP contribution is -2.42. The first-order valence-corrected chi connectivity index (χ1v) is 8.60. The third-order valence-corrected chi connectivity index (χ3v) is 3.96. The van der Waals surface area contributed by atoms with E-state index in [1.807, 2.05) is 11.8 Å². The minimum absolute atomic E-state index is 0.0748. The van der Waals surface area contributed by atoms with E-state index in [0.717, 1.165) is 25.2 Å². The summed E-state index contributed by atoms with van der Waals surface area (Å²) in [5.41, 5.74) is 0.938. The summed E-state index contributed by atoms with van der Waals surface area (Å²) in [5, 5.41) is 0. The van der Waals surface area contributed by atoms with Crippen molar-refractivity contribution in [1.82, 2.24) is 4.90 Å². The lowest BCUT2D eigenvalue weighted by atomic mass is 10.1. The number of ether oxygens (including phenoxy) is 1. The summed E-state index contributed by atoms with van der Waals surface area (Å²) in [4.78, 5) is 18.4. The van der Waals surface area contributed by atoms with Crippen LogP contribution in [0.25, 0.3) is 0 Å². The maximum absolute atomic E-state index is 12.2. The average molecular weight is 296 g/mol. The maximum atomic E-state index is 12.2. The number of carbonyl (C=O) groups excluding carboxylic acids is 1. The van der Waals surface area contributed by atoms with Gasteiger partial charge in [0.2, 0.25) is 5.91 Å². The molecule has 0 aromatic carbocycles. The van der Waals surface area contributed by atoms with E-state index in [4.69, 9.17) is 4.74 Å². The van der Waals surface area contributed by atoms with Gasteiger partial charge < -0.3 is 9.64 Å². The zero-order chi connectivity index (χ0) is 15.5. The molecule has 0 radical (unpaired) electrons. The van der Waals surface area contributed by atoms with E-state index in [9.17, 15) is 4.79 Å². The lowest BCUT2D eigenvalue weighted by molar-refractivity contribution is -0.145. The standard InChI is InChI=1S/C17H32N2O2/c1-4-6-7-8-9-10-13-21-17(5-2)19-12-11-18-15(3)14-16(19)20/h17H,4-14H2,1-3H3. The van der Waals surface area contributed by atoms with Crippen LogP contribution in [0.5, 0.6) is 0 Å². The number of rotatable bonds is 10. The highest BCUT2D eigenvalue weighted by atomic mass is 16.5. The Kier molecular flexibility index (Phi) is 9.31.